The predicted octanol–water partition coefficient (Wildman–Crippen LogP) is 3.57. The van der Waals surface area contributed by atoms with E-state index in [1.54, 1.807) is 0 Å². The summed E-state index contributed by atoms with van der Waals surface area (Å²) in [6, 6.07) is 9.70. The molecule has 1 aromatic rings. The predicted molar refractivity (Wildman–Crippen MR) is 94.0 cm³/mol. The van der Waals surface area contributed by atoms with Crippen molar-refractivity contribution in [3.8, 4) is 0 Å². The molecule has 0 spiro atoms. The van der Waals surface area contributed by atoms with Gasteiger partial charge >= 0.3 is 0 Å². The van der Waals surface area contributed by atoms with E-state index < -0.39 is 5.54 Å². The number of amides is 1. The molecule has 1 aromatic carbocycles. The molecule has 2 N–H and O–H groups in total. The molecule has 2 rings (SSSR count). The van der Waals surface area contributed by atoms with Crippen LogP contribution in [0.4, 0.5) is 0 Å². The molecule has 0 bridgehead atoms. The molecule has 1 aliphatic heterocycles. The lowest BCUT2D eigenvalue weighted by Crippen LogP contribution is -2.53. The molecule has 22 heavy (non-hydrogen) atoms. The van der Waals surface area contributed by atoms with Gasteiger partial charge in [-0.05, 0) is 43.6 Å². The highest BCUT2D eigenvalue weighted by Gasteiger charge is 2.36. The van der Waals surface area contributed by atoms with E-state index in [4.69, 9.17) is 5.73 Å². The quantitative estimate of drug-likeness (QED) is 0.920. The van der Waals surface area contributed by atoms with Crippen LogP contribution >= 0.6 is 12.4 Å². The Bertz CT molecular complexity index is 473. The molecule has 3 nitrogen and oxygen atoms in total. The number of carbonyl (C=O) groups excluding carboxylic acids is 1. The van der Waals surface area contributed by atoms with Crippen LogP contribution in [-0.2, 0) is 10.3 Å². The van der Waals surface area contributed by atoms with Crippen molar-refractivity contribution in [1.82, 2.24) is 4.90 Å². The first kappa shape index (κ1) is 19.0. The van der Waals surface area contributed by atoms with Gasteiger partial charge < -0.3 is 10.6 Å². The maximum absolute atomic E-state index is 12.9. The maximum Gasteiger partial charge on any atom is 0.246 e. The topological polar surface area (TPSA) is 46.3 Å². The fraction of sp³-hybridized carbons (Fsp3) is 0.611. The Morgan fingerprint density at radius 2 is 2.00 bits per heavy atom. The van der Waals surface area contributed by atoms with Crippen LogP contribution in [0.3, 0.4) is 0 Å². The number of hydrogen-bond acceptors (Lipinski definition) is 2. The summed E-state index contributed by atoms with van der Waals surface area (Å²) in [6.45, 7) is 8.02. The molecule has 2 atom stereocenters. The molecule has 0 aromatic heterocycles. The Kier molecular flexibility index (Phi) is 6.89. The van der Waals surface area contributed by atoms with Gasteiger partial charge in [0.15, 0.2) is 0 Å². The van der Waals surface area contributed by atoms with Crippen LogP contribution < -0.4 is 5.73 Å². The van der Waals surface area contributed by atoms with E-state index in [0.717, 1.165) is 25.1 Å². The van der Waals surface area contributed by atoms with Gasteiger partial charge in [0, 0.05) is 13.1 Å². The molecule has 1 fully saturated rings. The lowest BCUT2D eigenvalue weighted by Gasteiger charge is -2.38. The van der Waals surface area contributed by atoms with E-state index in [9.17, 15) is 4.79 Å². The minimum absolute atomic E-state index is 0. The summed E-state index contributed by atoms with van der Waals surface area (Å²) in [5, 5.41) is 0. The van der Waals surface area contributed by atoms with Crippen LogP contribution in [0, 0.1) is 11.8 Å². The Morgan fingerprint density at radius 1 is 1.36 bits per heavy atom. The first-order valence-corrected chi connectivity index (χ1v) is 8.05. The van der Waals surface area contributed by atoms with Crippen molar-refractivity contribution in [2.45, 2.75) is 45.6 Å². The van der Waals surface area contributed by atoms with Crippen LogP contribution in [0.25, 0.3) is 0 Å². The summed E-state index contributed by atoms with van der Waals surface area (Å²) >= 11 is 0. The molecule has 2 unspecified atom stereocenters. The SMILES string of the molecule is CC(C)CC1CCCN(C(=O)C(C)(N)c2ccccc2)C1.Cl. The maximum atomic E-state index is 12.9. The number of rotatable bonds is 4. The standard InChI is InChI=1S/C18H28N2O.ClH/c1-14(2)12-15-8-7-11-20(13-15)17(21)18(3,19)16-9-5-4-6-10-16;/h4-6,9-10,14-15H,7-8,11-13,19H2,1-3H3;1H. The molecule has 1 amide bonds. The second-order valence-corrected chi connectivity index (χ2v) is 6.96. The molecule has 0 radical (unpaired) electrons. The van der Waals surface area contributed by atoms with Crippen molar-refractivity contribution in [1.29, 1.82) is 0 Å². The van der Waals surface area contributed by atoms with Gasteiger partial charge in [0.25, 0.3) is 0 Å². The third-order valence-corrected chi connectivity index (χ3v) is 4.43. The number of halogens is 1. The Hall–Kier alpha value is -1.06. The smallest absolute Gasteiger partial charge is 0.246 e. The highest BCUT2D eigenvalue weighted by molar-refractivity contribution is 5.87. The van der Waals surface area contributed by atoms with Gasteiger partial charge in [0.1, 0.15) is 5.54 Å². The van der Waals surface area contributed by atoms with Gasteiger partial charge in [0.05, 0.1) is 0 Å². The Labute approximate surface area is 140 Å². The molecule has 124 valence electrons. The molecule has 1 aliphatic rings. The molecule has 0 aliphatic carbocycles. The van der Waals surface area contributed by atoms with Crippen LogP contribution in [0.2, 0.25) is 0 Å². The zero-order valence-corrected chi connectivity index (χ0v) is 14.7. The first-order chi connectivity index (χ1) is 9.91. The second kappa shape index (κ2) is 7.98. The molecular weight excluding hydrogens is 296 g/mol. The van der Waals surface area contributed by atoms with Crippen molar-refractivity contribution in [3.05, 3.63) is 35.9 Å². The van der Waals surface area contributed by atoms with Gasteiger partial charge in [-0.2, -0.15) is 0 Å². The fourth-order valence-corrected chi connectivity index (χ4v) is 3.34. The average Bonchev–Trinajstić information content (AvgIpc) is 2.47. The second-order valence-electron chi connectivity index (χ2n) is 6.96. The van der Waals surface area contributed by atoms with Crippen LogP contribution in [0.5, 0.6) is 0 Å². The van der Waals surface area contributed by atoms with Crippen molar-refractivity contribution in [2.75, 3.05) is 13.1 Å². The van der Waals surface area contributed by atoms with E-state index in [2.05, 4.69) is 13.8 Å². The summed E-state index contributed by atoms with van der Waals surface area (Å²) < 4.78 is 0. The molecule has 1 saturated heterocycles. The Balaban J connectivity index is 0.00000242. The normalized spacial score (nSPS) is 21.1. The fourth-order valence-electron chi connectivity index (χ4n) is 3.34. The first-order valence-electron chi connectivity index (χ1n) is 8.05. The van der Waals surface area contributed by atoms with Crippen molar-refractivity contribution in [3.63, 3.8) is 0 Å². The number of hydrogen-bond donors (Lipinski definition) is 1. The van der Waals surface area contributed by atoms with Gasteiger partial charge in [-0.1, -0.05) is 44.2 Å². The van der Waals surface area contributed by atoms with E-state index in [1.807, 2.05) is 42.2 Å². The van der Waals surface area contributed by atoms with E-state index in [0.29, 0.717) is 11.8 Å². The van der Waals surface area contributed by atoms with Gasteiger partial charge in [-0.15, -0.1) is 12.4 Å². The third-order valence-electron chi connectivity index (χ3n) is 4.43. The summed E-state index contributed by atoms with van der Waals surface area (Å²) in [6.07, 6.45) is 3.51. The summed E-state index contributed by atoms with van der Waals surface area (Å²) in [7, 11) is 0. The highest BCUT2D eigenvalue weighted by Crippen LogP contribution is 2.27. The number of nitrogens with two attached hydrogens (primary N) is 1. The number of likely N-dealkylation sites (tertiary alicyclic amines) is 1. The monoisotopic (exact) mass is 324 g/mol. The van der Waals surface area contributed by atoms with Crippen molar-refractivity contribution < 1.29 is 4.79 Å². The van der Waals surface area contributed by atoms with Crippen LogP contribution in [0.1, 0.15) is 45.6 Å². The van der Waals surface area contributed by atoms with E-state index in [-0.39, 0.29) is 18.3 Å². The highest BCUT2D eigenvalue weighted by atomic mass is 35.5. The van der Waals surface area contributed by atoms with E-state index in [1.165, 1.54) is 12.8 Å². The summed E-state index contributed by atoms with van der Waals surface area (Å²) in [5.41, 5.74) is 6.33. The van der Waals surface area contributed by atoms with Crippen LogP contribution in [0.15, 0.2) is 30.3 Å². The third kappa shape index (κ3) is 4.47. The zero-order chi connectivity index (χ0) is 15.5. The molecule has 1 heterocycles. The van der Waals surface area contributed by atoms with Crippen molar-refractivity contribution >= 4 is 18.3 Å². The van der Waals surface area contributed by atoms with Crippen molar-refractivity contribution in [2.24, 2.45) is 17.6 Å². The number of carbonyl (C=O) groups is 1. The largest absolute Gasteiger partial charge is 0.341 e. The van der Waals surface area contributed by atoms with E-state index >= 15 is 0 Å². The number of benzene rings is 1. The molecule has 0 saturated carbocycles. The van der Waals surface area contributed by atoms with Gasteiger partial charge in [0.2, 0.25) is 5.91 Å². The number of piperidine rings is 1. The summed E-state index contributed by atoms with van der Waals surface area (Å²) in [5.74, 6) is 1.36. The summed E-state index contributed by atoms with van der Waals surface area (Å²) in [4.78, 5) is 14.8. The minimum atomic E-state index is -0.930. The molecule has 4 heteroatoms. The van der Waals surface area contributed by atoms with Gasteiger partial charge in [-0.3, -0.25) is 4.79 Å². The molecular formula is C18H29ClN2O. The minimum Gasteiger partial charge on any atom is -0.341 e. The lowest BCUT2D eigenvalue weighted by molar-refractivity contribution is -0.138. The Morgan fingerprint density at radius 3 is 2.59 bits per heavy atom. The lowest BCUT2D eigenvalue weighted by atomic mass is 9.87. The number of nitrogens with zero attached hydrogens (tertiary/aromatic N) is 1. The average molecular weight is 325 g/mol. The van der Waals surface area contributed by atoms with Crippen LogP contribution in [-0.4, -0.2) is 23.9 Å². The van der Waals surface area contributed by atoms with Gasteiger partial charge in [-0.25, -0.2) is 0 Å². The zero-order valence-electron chi connectivity index (χ0n) is 13.9.